The Balaban J connectivity index is 1.69. The summed E-state index contributed by atoms with van der Waals surface area (Å²) in [6, 6.07) is 10.7. The molecule has 0 spiro atoms. The first-order valence-electron chi connectivity index (χ1n) is 6.63. The van der Waals surface area contributed by atoms with Gasteiger partial charge in [0.15, 0.2) is 5.13 Å². The summed E-state index contributed by atoms with van der Waals surface area (Å²) in [6.07, 6.45) is 2.11. The Hall–Kier alpha value is -1.30. The van der Waals surface area contributed by atoms with Crippen LogP contribution in [0.2, 0.25) is 0 Å². The van der Waals surface area contributed by atoms with Crippen LogP contribution < -0.4 is 5.32 Å². The van der Waals surface area contributed by atoms with Gasteiger partial charge in [-0.1, -0.05) is 29.8 Å². The molecule has 21 heavy (non-hydrogen) atoms. The number of hydrogen-bond donors (Lipinski definition) is 1. The third-order valence-corrected chi connectivity index (χ3v) is 6.05. The summed E-state index contributed by atoms with van der Waals surface area (Å²) in [4.78, 5) is 4.69. The highest BCUT2D eigenvalue weighted by Crippen LogP contribution is 2.36. The molecule has 108 valence electrons. The molecule has 0 aliphatic carbocycles. The summed E-state index contributed by atoms with van der Waals surface area (Å²) >= 11 is 5.22. The van der Waals surface area contributed by atoms with Crippen molar-refractivity contribution in [3.63, 3.8) is 0 Å². The molecule has 0 aliphatic heterocycles. The Kier molecular flexibility index (Phi) is 4.63. The van der Waals surface area contributed by atoms with Crippen LogP contribution in [0.25, 0.3) is 11.3 Å². The molecule has 0 radical (unpaired) electrons. The Labute approximate surface area is 137 Å². The number of benzene rings is 1. The fourth-order valence-electron chi connectivity index (χ4n) is 2.01. The van der Waals surface area contributed by atoms with Crippen LogP contribution in [0.1, 0.15) is 11.1 Å². The molecular formula is C16H16N2S3. The van der Waals surface area contributed by atoms with E-state index >= 15 is 0 Å². The van der Waals surface area contributed by atoms with Crippen LogP contribution >= 0.6 is 34.4 Å². The first kappa shape index (κ1) is 14.6. The second-order valence-corrected chi connectivity index (χ2v) is 7.55. The van der Waals surface area contributed by atoms with Crippen molar-refractivity contribution in [1.82, 2.24) is 4.98 Å². The fourth-order valence-corrected chi connectivity index (χ4v) is 4.29. The molecule has 1 aromatic carbocycles. The number of aryl methyl sites for hydroxylation is 1. The number of nitrogens with one attached hydrogen (secondary N) is 1. The second-order valence-electron chi connectivity index (χ2n) is 4.70. The number of thiophene rings is 1. The largest absolute Gasteiger partial charge is 0.357 e. The van der Waals surface area contributed by atoms with Crippen molar-refractivity contribution in [2.24, 2.45) is 0 Å². The number of aromatic nitrogens is 1. The molecular weight excluding hydrogens is 316 g/mol. The molecule has 0 bridgehead atoms. The highest BCUT2D eigenvalue weighted by Gasteiger charge is 2.10. The lowest BCUT2D eigenvalue weighted by molar-refractivity contribution is 1.13. The van der Waals surface area contributed by atoms with E-state index in [2.05, 4.69) is 59.6 Å². The molecule has 2 nitrogen and oxygen atoms in total. The molecule has 0 amide bonds. The fraction of sp³-hybridized carbons (Fsp3) is 0.188. The second kappa shape index (κ2) is 6.64. The Bertz CT molecular complexity index is 713. The molecule has 0 atom stereocenters. The Morgan fingerprint density at radius 1 is 1.14 bits per heavy atom. The molecule has 3 rings (SSSR count). The van der Waals surface area contributed by atoms with Crippen molar-refractivity contribution in [3.05, 3.63) is 52.2 Å². The summed E-state index contributed by atoms with van der Waals surface area (Å²) in [5.74, 6) is 0. The van der Waals surface area contributed by atoms with Crippen molar-refractivity contribution in [2.75, 3.05) is 11.6 Å². The first-order valence-corrected chi connectivity index (χ1v) is 9.61. The van der Waals surface area contributed by atoms with E-state index in [1.54, 1.807) is 34.4 Å². The van der Waals surface area contributed by atoms with Gasteiger partial charge in [-0.2, -0.15) is 0 Å². The number of anilines is 1. The van der Waals surface area contributed by atoms with Crippen LogP contribution in [0.5, 0.6) is 0 Å². The van der Waals surface area contributed by atoms with Crippen LogP contribution in [-0.4, -0.2) is 11.2 Å². The zero-order valence-electron chi connectivity index (χ0n) is 11.9. The quantitative estimate of drug-likeness (QED) is 0.623. The number of nitrogens with zero attached hydrogens (tertiary/aromatic N) is 1. The average Bonchev–Trinajstić information content (AvgIpc) is 3.15. The minimum absolute atomic E-state index is 0.812. The van der Waals surface area contributed by atoms with E-state index in [1.807, 2.05) is 0 Å². The minimum Gasteiger partial charge on any atom is -0.357 e. The summed E-state index contributed by atoms with van der Waals surface area (Å²) in [5, 5.41) is 8.63. The van der Waals surface area contributed by atoms with Crippen LogP contribution in [0.3, 0.4) is 0 Å². The third kappa shape index (κ3) is 3.48. The molecule has 2 heterocycles. The minimum atomic E-state index is 0.812. The third-order valence-electron chi connectivity index (χ3n) is 3.16. The zero-order chi connectivity index (χ0) is 14.7. The van der Waals surface area contributed by atoms with E-state index in [0.717, 1.165) is 17.4 Å². The molecule has 1 N–H and O–H groups in total. The lowest BCUT2D eigenvalue weighted by Crippen LogP contribution is -1.98. The maximum atomic E-state index is 4.69. The number of thioether (sulfide) groups is 1. The zero-order valence-corrected chi connectivity index (χ0v) is 14.4. The van der Waals surface area contributed by atoms with Gasteiger partial charge in [0, 0.05) is 17.5 Å². The van der Waals surface area contributed by atoms with Crippen LogP contribution in [0.4, 0.5) is 5.13 Å². The maximum absolute atomic E-state index is 4.69. The number of rotatable bonds is 5. The highest BCUT2D eigenvalue weighted by atomic mass is 32.2. The monoisotopic (exact) mass is 332 g/mol. The van der Waals surface area contributed by atoms with Gasteiger partial charge in [0.05, 0.1) is 9.90 Å². The lowest BCUT2D eigenvalue weighted by atomic mass is 10.1. The van der Waals surface area contributed by atoms with Gasteiger partial charge < -0.3 is 5.32 Å². The summed E-state index contributed by atoms with van der Waals surface area (Å²) < 4.78 is 1.32. The molecule has 0 unspecified atom stereocenters. The topological polar surface area (TPSA) is 24.9 Å². The SMILES string of the molecule is CSc1sccc1-c1csc(NCc2ccc(C)cc2)n1. The van der Waals surface area contributed by atoms with Crippen molar-refractivity contribution < 1.29 is 0 Å². The van der Waals surface area contributed by atoms with E-state index in [-0.39, 0.29) is 0 Å². The van der Waals surface area contributed by atoms with Gasteiger partial charge in [0.25, 0.3) is 0 Å². The Morgan fingerprint density at radius 3 is 2.71 bits per heavy atom. The maximum Gasteiger partial charge on any atom is 0.183 e. The van der Waals surface area contributed by atoms with Crippen molar-refractivity contribution >= 4 is 39.6 Å². The van der Waals surface area contributed by atoms with Gasteiger partial charge >= 0.3 is 0 Å². The van der Waals surface area contributed by atoms with Gasteiger partial charge in [-0.25, -0.2) is 4.98 Å². The van der Waals surface area contributed by atoms with E-state index in [1.165, 1.54) is 20.9 Å². The molecule has 5 heteroatoms. The highest BCUT2D eigenvalue weighted by molar-refractivity contribution is 8.00. The predicted molar refractivity (Wildman–Crippen MR) is 95.7 cm³/mol. The van der Waals surface area contributed by atoms with Gasteiger partial charge in [-0.3, -0.25) is 0 Å². The molecule has 3 aromatic rings. The lowest BCUT2D eigenvalue weighted by Gasteiger charge is -2.03. The van der Waals surface area contributed by atoms with E-state index < -0.39 is 0 Å². The number of hydrogen-bond acceptors (Lipinski definition) is 5. The Morgan fingerprint density at radius 2 is 1.95 bits per heavy atom. The summed E-state index contributed by atoms with van der Waals surface area (Å²) in [7, 11) is 0. The molecule has 0 saturated heterocycles. The summed E-state index contributed by atoms with van der Waals surface area (Å²) in [6.45, 7) is 2.92. The molecule has 2 aromatic heterocycles. The smallest absolute Gasteiger partial charge is 0.183 e. The summed E-state index contributed by atoms with van der Waals surface area (Å²) in [5.41, 5.74) is 4.87. The first-order chi connectivity index (χ1) is 10.3. The standard InChI is InChI=1S/C16H16N2S3/c1-11-3-5-12(6-4-11)9-17-16-18-14(10-21-16)13-7-8-20-15(13)19-2/h3-8,10H,9H2,1-2H3,(H,17,18). The molecule has 0 saturated carbocycles. The predicted octanol–water partition coefficient (Wildman–Crippen LogP) is 5.51. The van der Waals surface area contributed by atoms with E-state index in [4.69, 9.17) is 4.98 Å². The normalized spacial score (nSPS) is 10.8. The van der Waals surface area contributed by atoms with Crippen LogP contribution in [-0.2, 0) is 6.54 Å². The van der Waals surface area contributed by atoms with Gasteiger partial charge in [0.2, 0.25) is 0 Å². The van der Waals surface area contributed by atoms with Crippen molar-refractivity contribution in [1.29, 1.82) is 0 Å². The van der Waals surface area contributed by atoms with Crippen LogP contribution in [0, 0.1) is 6.92 Å². The molecule has 0 aliphatic rings. The van der Waals surface area contributed by atoms with E-state index in [0.29, 0.717) is 0 Å². The average molecular weight is 333 g/mol. The molecule has 0 fully saturated rings. The van der Waals surface area contributed by atoms with Crippen LogP contribution in [0.15, 0.2) is 45.3 Å². The van der Waals surface area contributed by atoms with Crippen molar-refractivity contribution in [3.8, 4) is 11.3 Å². The number of thiazole rings is 1. The van der Waals surface area contributed by atoms with Crippen molar-refractivity contribution in [2.45, 2.75) is 17.7 Å². The van der Waals surface area contributed by atoms with Gasteiger partial charge in [-0.05, 0) is 30.2 Å². The van der Waals surface area contributed by atoms with Gasteiger partial charge in [-0.15, -0.1) is 34.4 Å². The van der Waals surface area contributed by atoms with E-state index in [9.17, 15) is 0 Å². The van der Waals surface area contributed by atoms with Gasteiger partial charge in [0.1, 0.15) is 0 Å².